The molecule has 4 aromatic carbocycles. The van der Waals surface area contributed by atoms with Crippen molar-refractivity contribution in [1.29, 1.82) is 0 Å². The van der Waals surface area contributed by atoms with E-state index in [2.05, 4.69) is 5.32 Å². The number of carbonyl (C=O) groups excluding carboxylic acids is 6. The smallest absolute Gasteiger partial charge is 0.331 e. The molecule has 0 fully saturated rings. The first kappa shape index (κ1) is 37.7. The van der Waals surface area contributed by atoms with E-state index < -0.39 is 41.7 Å². The van der Waals surface area contributed by atoms with E-state index in [9.17, 15) is 28.8 Å². The molecule has 0 radical (unpaired) electrons. The number of ether oxygens (including phenoxy) is 3. The SMILES string of the molecule is CCOC(=O)C(COC(=O)Cc1ccc(NC(=O)c2cc(C(C)=O)ccc2-c2ccccc2)c(C(=O)N(C)C)c1)(C(=O)OCC)c1ccccc1. The molecule has 0 saturated carbocycles. The highest BCUT2D eigenvalue weighted by atomic mass is 16.6. The molecule has 0 aromatic heterocycles. The van der Waals surface area contributed by atoms with E-state index in [1.54, 1.807) is 76.5 Å². The van der Waals surface area contributed by atoms with Crippen LogP contribution in [-0.2, 0) is 40.4 Å². The second-order valence-corrected chi connectivity index (χ2v) is 11.8. The van der Waals surface area contributed by atoms with Crippen LogP contribution in [0.5, 0.6) is 0 Å². The van der Waals surface area contributed by atoms with Crippen LogP contribution in [0.2, 0.25) is 0 Å². The Balaban J connectivity index is 1.64. The molecule has 51 heavy (non-hydrogen) atoms. The van der Waals surface area contributed by atoms with Gasteiger partial charge in [-0.05, 0) is 61.2 Å². The van der Waals surface area contributed by atoms with Gasteiger partial charge in [-0.2, -0.15) is 0 Å². The third kappa shape index (κ3) is 8.74. The van der Waals surface area contributed by atoms with Crippen LogP contribution in [0, 0.1) is 0 Å². The Bertz CT molecular complexity index is 1900. The molecule has 11 nitrogen and oxygen atoms in total. The highest BCUT2D eigenvalue weighted by Gasteiger charge is 2.52. The third-order valence-corrected chi connectivity index (χ3v) is 8.04. The molecule has 0 aliphatic heterocycles. The van der Waals surface area contributed by atoms with Crippen LogP contribution < -0.4 is 5.32 Å². The molecule has 0 heterocycles. The quantitative estimate of drug-likeness (QED) is 0.0766. The first-order valence-corrected chi connectivity index (χ1v) is 16.3. The zero-order valence-corrected chi connectivity index (χ0v) is 29.2. The number of anilines is 1. The number of carbonyl (C=O) groups is 6. The average Bonchev–Trinajstić information content (AvgIpc) is 3.13. The maximum atomic E-state index is 13.8. The van der Waals surface area contributed by atoms with Gasteiger partial charge in [-0.3, -0.25) is 28.8 Å². The van der Waals surface area contributed by atoms with Crippen LogP contribution in [0.25, 0.3) is 11.1 Å². The van der Waals surface area contributed by atoms with Gasteiger partial charge in [0.2, 0.25) is 5.41 Å². The summed E-state index contributed by atoms with van der Waals surface area (Å²) in [5.41, 5.74) is 0.739. The predicted octanol–water partition coefficient (Wildman–Crippen LogP) is 5.66. The minimum absolute atomic E-state index is 0.0257. The van der Waals surface area contributed by atoms with E-state index in [-0.39, 0.29) is 47.8 Å². The van der Waals surface area contributed by atoms with Crippen LogP contribution >= 0.6 is 0 Å². The van der Waals surface area contributed by atoms with E-state index in [1.807, 2.05) is 30.3 Å². The molecule has 0 unspecified atom stereocenters. The summed E-state index contributed by atoms with van der Waals surface area (Å²) < 4.78 is 16.0. The zero-order chi connectivity index (χ0) is 37.1. The Morgan fingerprint density at radius 2 is 1.31 bits per heavy atom. The van der Waals surface area contributed by atoms with Crippen LogP contribution in [0.4, 0.5) is 5.69 Å². The normalized spacial score (nSPS) is 10.8. The second kappa shape index (κ2) is 17.0. The number of Topliss-reactive ketones (excluding diaryl/α,β-unsaturated/α-hetero) is 1. The summed E-state index contributed by atoms with van der Waals surface area (Å²) in [5.74, 6) is -3.86. The van der Waals surface area contributed by atoms with Crippen LogP contribution in [0.15, 0.2) is 97.1 Å². The van der Waals surface area contributed by atoms with Crippen molar-refractivity contribution < 1.29 is 43.0 Å². The molecule has 2 amide bonds. The minimum Gasteiger partial charge on any atom is -0.465 e. The van der Waals surface area contributed by atoms with Gasteiger partial charge in [0.05, 0.1) is 30.9 Å². The second-order valence-electron chi connectivity index (χ2n) is 11.8. The number of ketones is 1. The molecular weight excluding hydrogens is 652 g/mol. The van der Waals surface area contributed by atoms with Gasteiger partial charge in [-0.1, -0.05) is 78.9 Å². The van der Waals surface area contributed by atoms with E-state index in [0.717, 1.165) is 5.56 Å². The first-order valence-electron chi connectivity index (χ1n) is 16.3. The van der Waals surface area contributed by atoms with Crippen molar-refractivity contribution in [2.75, 3.05) is 39.2 Å². The van der Waals surface area contributed by atoms with E-state index in [0.29, 0.717) is 16.7 Å². The lowest BCUT2D eigenvalue weighted by Gasteiger charge is -2.29. The maximum absolute atomic E-state index is 13.8. The highest BCUT2D eigenvalue weighted by Crippen LogP contribution is 2.30. The largest absolute Gasteiger partial charge is 0.465 e. The van der Waals surface area contributed by atoms with Gasteiger partial charge in [0.15, 0.2) is 5.78 Å². The van der Waals surface area contributed by atoms with Crippen molar-refractivity contribution in [3.8, 4) is 11.1 Å². The molecule has 11 heteroatoms. The average molecular weight is 693 g/mol. The first-order chi connectivity index (χ1) is 24.4. The Kier molecular flexibility index (Phi) is 12.6. The van der Waals surface area contributed by atoms with Crippen LogP contribution in [0.1, 0.15) is 63.0 Å². The lowest BCUT2D eigenvalue weighted by molar-refractivity contribution is -0.170. The Labute approximate surface area is 296 Å². The summed E-state index contributed by atoms with van der Waals surface area (Å²) in [5, 5.41) is 2.81. The van der Waals surface area contributed by atoms with Crippen molar-refractivity contribution in [3.63, 3.8) is 0 Å². The number of rotatable bonds is 14. The van der Waals surface area contributed by atoms with Crippen molar-refractivity contribution in [2.45, 2.75) is 32.6 Å². The van der Waals surface area contributed by atoms with Crippen molar-refractivity contribution in [1.82, 2.24) is 4.90 Å². The van der Waals surface area contributed by atoms with Crippen molar-refractivity contribution >= 4 is 41.2 Å². The van der Waals surface area contributed by atoms with E-state index in [1.165, 1.54) is 30.0 Å². The van der Waals surface area contributed by atoms with Gasteiger partial charge in [0.1, 0.15) is 6.61 Å². The fraction of sp³-hybridized carbons (Fsp3) is 0.250. The summed E-state index contributed by atoms with van der Waals surface area (Å²) >= 11 is 0. The van der Waals surface area contributed by atoms with Crippen molar-refractivity contribution in [2.24, 2.45) is 0 Å². The lowest BCUT2D eigenvalue weighted by atomic mass is 9.81. The number of benzene rings is 4. The molecule has 0 aliphatic carbocycles. The predicted molar refractivity (Wildman–Crippen MR) is 190 cm³/mol. The number of hydrogen-bond acceptors (Lipinski definition) is 9. The van der Waals surface area contributed by atoms with E-state index >= 15 is 0 Å². The number of nitrogens with zero attached hydrogens (tertiary/aromatic N) is 1. The highest BCUT2D eigenvalue weighted by molar-refractivity contribution is 6.13. The molecule has 4 aromatic rings. The van der Waals surface area contributed by atoms with Crippen molar-refractivity contribution in [3.05, 3.63) is 125 Å². The molecule has 4 rings (SSSR count). The Morgan fingerprint density at radius 3 is 1.88 bits per heavy atom. The Morgan fingerprint density at radius 1 is 0.706 bits per heavy atom. The summed E-state index contributed by atoms with van der Waals surface area (Å²) in [7, 11) is 3.10. The number of esters is 3. The lowest BCUT2D eigenvalue weighted by Crippen LogP contribution is -2.50. The molecule has 0 spiro atoms. The molecule has 0 saturated heterocycles. The minimum atomic E-state index is -2.07. The standard InChI is InChI=1S/C40H40N2O9/c1-6-49-38(47)40(39(48)50-7-2,30-16-12-9-13-17-30)25-51-35(44)23-27-18-21-34(33(22-27)37(46)42(4)5)41-36(45)32-24-29(26(3)43)19-20-31(32)28-14-10-8-11-15-28/h8-22,24H,6-7,23,25H2,1-5H3,(H,41,45). The maximum Gasteiger partial charge on any atom is 0.331 e. The molecule has 264 valence electrons. The van der Waals surface area contributed by atoms with Gasteiger partial charge in [-0.15, -0.1) is 0 Å². The molecular formula is C40H40N2O9. The van der Waals surface area contributed by atoms with Gasteiger partial charge >= 0.3 is 17.9 Å². The monoisotopic (exact) mass is 692 g/mol. The fourth-order valence-corrected chi connectivity index (χ4v) is 5.40. The topological polar surface area (TPSA) is 145 Å². The number of nitrogens with one attached hydrogen (secondary N) is 1. The number of amides is 2. The Hall–Kier alpha value is -6.10. The third-order valence-electron chi connectivity index (χ3n) is 8.04. The molecule has 0 bridgehead atoms. The summed E-state index contributed by atoms with van der Waals surface area (Å²) in [6.45, 7) is 3.86. The van der Waals surface area contributed by atoms with Gasteiger partial charge in [-0.25, -0.2) is 0 Å². The molecule has 0 aliphatic rings. The molecule has 0 atom stereocenters. The fourth-order valence-electron chi connectivity index (χ4n) is 5.40. The van der Waals surface area contributed by atoms with Crippen LogP contribution in [-0.4, -0.2) is 74.3 Å². The van der Waals surface area contributed by atoms with Gasteiger partial charge in [0.25, 0.3) is 11.8 Å². The number of hydrogen-bond donors (Lipinski definition) is 1. The molecule has 1 N–H and O–H groups in total. The van der Waals surface area contributed by atoms with Gasteiger partial charge in [0, 0.05) is 25.2 Å². The summed E-state index contributed by atoms with van der Waals surface area (Å²) in [4.78, 5) is 80.5. The zero-order valence-electron chi connectivity index (χ0n) is 29.2. The van der Waals surface area contributed by atoms with Crippen LogP contribution in [0.3, 0.4) is 0 Å². The van der Waals surface area contributed by atoms with Gasteiger partial charge < -0.3 is 24.4 Å². The summed E-state index contributed by atoms with van der Waals surface area (Å²) in [6, 6.07) is 26.7. The summed E-state index contributed by atoms with van der Waals surface area (Å²) in [6.07, 6.45) is -0.336. The van der Waals surface area contributed by atoms with E-state index in [4.69, 9.17) is 14.2 Å².